The van der Waals surface area contributed by atoms with Crippen molar-refractivity contribution in [2.75, 3.05) is 41.0 Å². The quantitative estimate of drug-likeness (QED) is 0.632. The van der Waals surface area contributed by atoms with Crippen LogP contribution in [0.5, 0.6) is 17.2 Å². The second-order valence-electron chi connectivity index (χ2n) is 6.33. The van der Waals surface area contributed by atoms with Crippen LogP contribution < -0.4 is 19.5 Å². The molecule has 6 heteroatoms. The van der Waals surface area contributed by atoms with Gasteiger partial charge >= 0.3 is 0 Å². The van der Waals surface area contributed by atoms with Crippen LogP contribution in [0.15, 0.2) is 17.1 Å². The molecule has 0 aliphatic carbocycles. The number of hydrogen-bond donors (Lipinski definition) is 1. The van der Waals surface area contributed by atoms with Crippen LogP contribution in [0.1, 0.15) is 32.3 Å². The van der Waals surface area contributed by atoms with E-state index in [0.29, 0.717) is 23.8 Å². The minimum absolute atomic E-state index is 0.526. The molecule has 0 bridgehead atoms. The molecule has 1 N–H and O–H groups in total. The molecule has 0 unspecified atom stereocenters. The average molecular weight is 349 g/mol. The van der Waals surface area contributed by atoms with E-state index in [-0.39, 0.29) is 0 Å². The number of rotatable bonds is 6. The number of guanidine groups is 1. The highest BCUT2D eigenvalue weighted by Gasteiger charge is 2.19. The molecule has 140 valence electrons. The fourth-order valence-electron chi connectivity index (χ4n) is 3.09. The first-order valence-electron chi connectivity index (χ1n) is 8.95. The third-order valence-corrected chi connectivity index (χ3v) is 4.60. The van der Waals surface area contributed by atoms with E-state index in [2.05, 4.69) is 24.1 Å². The molecule has 25 heavy (non-hydrogen) atoms. The van der Waals surface area contributed by atoms with Crippen LogP contribution in [0.2, 0.25) is 0 Å². The lowest BCUT2D eigenvalue weighted by Crippen LogP contribution is -2.45. The van der Waals surface area contributed by atoms with E-state index in [4.69, 9.17) is 19.2 Å². The highest BCUT2D eigenvalue weighted by molar-refractivity contribution is 5.80. The summed E-state index contributed by atoms with van der Waals surface area (Å²) < 4.78 is 16.4. The topological polar surface area (TPSA) is 55.3 Å². The molecule has 1 saturated heterocycles. The number of likely N-dealkylation sites (tertiary alicyclic amines) is 1. The van der Waals surface area contributed by atoms with Gasteiger partial charge in [0.05, 0.1) is 27.9 Å². The summed E-state index contributed by atoms with van der Waals surface area (Å²) in [7, 11) is 4.88. The summed E-state index contributed by atoms with van der Waals surface area (Å²) >= 11 is 0. The zero-order valence-corrected chi connectivity index (χ0v) is 16.1. The summed E-state index contributed by atoms with van der Waals surface area (Å²) in [5.74, 6) is 3.70. The second-order valence-corrected chi connectivity index (χ2v) is 6.33. The third-order valence-electron chi connectivity index (χ3n) is 4.60. The van der Waals surface area contributed by atoms with Gasteiger partial charge in [-0.2, -0.15) is 0 Å². The predicted octanol–water partition coefficient (Wildman–Crippen LogP) is 2.91. The van der Waals surface area contributed by atoms with E-state index in [9.17, 15) is 0 Å². The molecule has 6 nitrogen and oxygen atoms in total. The summed E-state index contributed by atoms with van der Waals surface area (Å²) in [5.41, 5.74) is 0.973. The molecule has 1 aromatic carbocycles. The molecule has 0 amide bonds. The van der Waals surface area contributed by atoms with Crippen LogP contribution >= 0.6 is 0 Å². The molecule has 1 aliphatic heterocycles. The van der Waals surface area contributed by atoms with E-state index in [1.807, 2.05) is 12.1 Å². The van der Waals surface area contributed by atoms with Crippen LogP contribution in [0.3, 0.4) is 0 Å². The van der Waals surface area contributed by atoms with Crippen LogP contribution in [-0.4, -0.2) is 51.8 Å². The lowest BCUT2D eigenvalue weighted by molar-refractivity contribution is 0.273. The number of aliphatic imine (C=N–C) groups is 1. The molecule has 2 rings (SSSR count). The van der Waals surface area contributed by atoms with E-state index in [1.165, 1.54) is 12.8 Å². The Morgan fingerprint density at radius 3 is 2.36 bits per heavy atom. The third kappa shape index (κ3) is 4.71. The van der Waals surface area contributed by atoms with Crippen molar-refractivity contribution in [1.82, 2.24) is 10.2 Å². The van der Waals surface area contributed by atoms with E-state index in [1.54, 1.807) is 21.3 Å². The minimum atomic E-state index is 0.526. The molecule has 1 fully saturated rings. The Labute approximate surface area is 151 Å². The average Bonchev–Trinajstić information content (AvgIpc) is 2.64. The van der Waals surface area contributed by atoms with Crippen molar-refractivity contribution in [2.45, 2.75) is 33.2 Å². The number of piperidine rings is 1. The first kappa shape index (κ1) is 19.2. The first-order chi connectivity index (χ1) is 12.1. The maximum atomic E-state index is 5.55. The minimum Gasteiger partial charge on any atom is -0.493 e. The molecule has 0 atom stereocenters. The van der Waals surface area contributed by atoms with Gasteiger partial charge in [0.2, 0.25) is 5.75 Å². The van der Waals surface area contributed by atoms with Crippen molar-refractivity contribution in [2.24, 2.45) is 10.9 Å². The number of benzene rings is 1. The van der Waals surface area contributed by atoms with Crippen LogP contribution in [0.25, 0.3) is 0 Å². The molecule has 1 heterocycles. The maximum Gasteiger partial charge on any atom is 0.203 e. The molecule has 0 spiro atoms. The molecule has 0 saturated carbocycles. The lowest BCUT2D eigenvalue weighted by atomic mass is 10.00. The van der Waals surface area contributed by atoms with Crippen molar-refractivity contribution in [3.8, 4) is 17.2 Å². The van der Waals surface area contributed by atoms with Gasteiger partial charge in [0.1, 0.15) is 0 Å². The van der Waals surface area contributed by atoms with Crippen LogP contribution in [0, 0.1) is 5.92 Å². The number of methoxy groups -OCH3 is 3. The summed E-state index contributed by atoms with van der Waals surface area (Å²) in [6, 6.07) is 3.87. The van der Waals surface area contributed by atoms with Crippen LogP contribution in [0.4, 0.5) is 0 Å². The van der Waals surface area contributed by atoms with Crippen LogP contribution in [-0.2, 0) is 6.54 Å². The van der Waals surface area contributed by atoms with Crippen molar-refractivity contribution >= 4 is 5.96 Å². The van der Waals surface area contributed by atoms with Gasteiger partial charge in [-0.25, -0.2) is 4.99 Å². The molecular formula is C19H31N3O3. The second kappa shape index (κ2) is 9.39. The van der Waals surface area contributed by atoms with E-state index >= 15 is 0 Å². The van der Waals surface area contributed by atoms with Gasteiger partial charge in [0, 0.05) is 25.2 Å². The van der Waals surface area contributed by atoms with Gasteiger partial charge in [-0.3, -0.25) is 0 Å². The molecular weight excluding hydrogens is 318 g/mol. The van der Waals surface area contributed by atoms with Crippen molar-refractivity contribution in [3.63, 3.8) is 0 Å². The summed E-state index contributed by atoms with van der Waals surface area (Å²) in [6.45, 7) is 7.90. The Bertz CT molecular complexity index is 582. The van der Waals surface area contributed by atoms with Gasteiger partial charge in [-0.15, -0.1) is 0 Å². The maximum absolute atomic E-state index is 5.55. The van der Waals surface area contributed by atoms with Crippen molar-refractivity contribution in [3.05, 3.63) is 17.7 Å². The fourth-order valence-corrected chi connectivity index (χ4v) is 3.09. The van der Waals surface area contributed by atoms with Crippen molar-refractivity contribution in [1.29, 1.82) is 0 Å². The Kier molecular flexibility index (Phi) is 7.22. The number of ether oxygens (including phenoxy) is 3. The molecule has 1 aliphatic rings. The normalized spacial score (nSPS) is 15.9. The summed E-state index contributed by atoms with van der Waals surface area (Å²) in [5, 5.41) is 3.41. The fraction of sp³-hybridized carbons (Fsp3) is 0.632. The van der Waals surface area contributed by atoms with Crippen molar-refractivity contribution < 1.29 is 14.2 Å². The van der Waals surface area contributed by atoms with Gasteiger partial charge < -0.3 is 24.4 Å². The van der Waals surface area contributed by atoms with Gasteiger partial charge in [-0.05, 0) is 37.8 Å². The highest BCUT2D eigenvalue weighted by Crippen LogP contribution is 2.40. The number of nitrogens with one attached hydrogen (secondary N) is 1. The van der Waals surface area contributed by atoms with Gasteiger partial charge in [0.15, 0.2) is 17.5 Å². The zero-order chi connectivity index (χ0) is 18.2. The standard InChI is InChI=1S/C19H31N3O3/c1-6-20-19(22-11-9-14(2)10-12-22)21-13-15-7-8-16(23-3)18(25-5)17(15)24-4/h7-8,14H,6,9-13H2,1-5H3,(H,20,21). The van der Waals surface area contributed by atoms with E-state index < -0.39 is 0 Å². The smallest absolute Gasteiger partial charge is 0.203 e. The number of hydrogen-bond acceptors (Lipinski definition) is 4. The summed E-state index contributed by atoms with van der Waals surface area (Å²) in [6.07, 6.45) is 2.42. The molecule has 1 aromatic rings. The predicted molar refractivity (Wildman–Crippen MR) is 101 cm³/mol. The highest BCUT2D eigenvalue weighted by atomic mass is 16.5. The lowest BCUT2D eigenvalue weighted by Gasteiger charge is -2.33. The number of nitrogens with zero attached hydrogens (tertiary/aromatic N) is 2. The zero-order valence-electron chi connectivity index (χ0n) is 16.1. The Morgan fingerprint density at radius 1 is 1.12 bits per heavy atom. The van der Waals surface area contributed by atoms with Gasteiger partial charge in [0.25, 0.3) is 0 Å². The molecule has 0 radical (unpaired) electrons. The van der Waals surface area contributed by atoms with E-state index in [0.717, 1.165) is 37.1 Å². The molecule has 0 aromatic heterocycles. The SMILES string of the molecule is CCNC(=NCc1ccc(OC)c(OC)c1OC)N1CCC(C)CC1. The largest absolute Gasteiger partial charge is 0.493 e. The monoisotopic (exact) mass is 349 g/mol. The Balaban J connectivity index is 2.22. The Hall–Kier alpha value is -2.11. The Morgan fingerprint density at radius 2 is 1.80 bits per heavy atom. The van der Waals surface area contributed by atoms with Gasteiger partial charge in [-0.1, -0.05) is 6.92 Å². The first-order valence-corrected chi connectivity index (χ1v) is 8.95. The summed E-state index contributed by atoms with van der Waals surface area (Å²) in [4.78, 5) is 7.17.